The summed E-state index contributed by atoms with van der Waals surface area (Å²) in [6.07, 6.45) is 14.4. The van der Waals surface area contributed by atoms with E-state index in [1.807, 2.05) is 6.92 Å². The fourth-order valence-electron chi connectivity index (χ4n) is 3.07. The molecular weight excluding hydrogens is 366 g/mol. The van der Waals surface area contributed by atoms with Crippen LogP contribution in [0.25, 0.3) is 0 Å². The number of hydrogen-bond acceptors (Lipinski definition) is 2. The summed E-state index contributed by atoms with van der Waals surface area (Å²) in [5.41, 5.74) is 0. The number of unbranched alkanes of at least 4 members (excludes halogenated alkanes) is 7. The molecule has 144 valence electrons. The van der Waals surface area contributed by atoms with E-state index in [0.717, 1.165) is 19.5 Å². The SMILES string of the molecule is C=CC(=O)OC(C)CC(CCCCCCCCCC)C[NH2+]CC.[Br-]. The average Bonchev–Trinajstić information content (AvgIpc) is 2.54. The fourth-order valence-corrected chi connectivity index (χ4v) is 3.07. The summed E-state index contributed by atoms with van der Waals surface area (Å²) >= 11 is 0. The van der Waals surface area contributed by atoms with Gasteiger partial charge in [0.15, 0.2) is 0 Å². The molecule has 0 radical (unpaired) electrons. The lowest BCUT2D eigenvalue weighted by molar-refractivity contribution is -0.657. The molecule has 0 aliphatic carbocycles. The smallest absolute Gasteiger partial charge is 0.330 e. The molecule has 0 bridgehead atoms. The molecule has 0 aromatic heterocycles. The van der Waals surface area contributed by atoms with Crippen LogP contribution in [0.3, 0.4) is 0 Å². The van der Waals surface area contributed by atoms with Crippen molar-refractivity contribution in [1.29, 1.82) is 0 Å². The number of hydrogen-bond donors (Lipinski definition) is 1. The Bertz CT molecular complexity index is 297. The Hall–Kier alpha value is -0.350. The molecule has 0 saturated heterocycles. The van der Waals surface area contributed by atoms with Crippen molar-refractivity contribution in [3.63, 3.8) is 0 Å². The fraction of sp³-hybridized carbons (Fsp3) is 0.850. The van der Waals surface area contributed by atoms with Crippen LogP contribution in [0.1, 0.15) is 85.0 Å². The topological polar surface area (TPSA) is 42.9 Å². The lowest BCUT2D eigenvalue weighted by Crippen LogP contribution is -3.00. The van der Waals surface area contributed by atoms with Crippen LogP contribution in [0.2, 0.25) is 0 Å². The monoisotopic (exact) mass is 405 g/mol. The number of carbonyl (C=O) groups excluding carboxylic acids is 1. The third kappa shape index (κ3) is 16.5. The standard InChI is InChI=1S/C20H39NO2.BrH/c1-5-8-9-10-11-12-13-14-15-19(17-21-7-3)16-18(4)23-20(22)6-2;/h6,18-19,21H,2,5,7-17H2,1,3-4H3;1H. The molecule has 2 N–H and O–H groups in total. The van der Waals surface area contributed by atoms with Gasteiger partial charge in [-0.2, -0.15) is 0 Å². The summed E-state index contributed by atoms with van der Waals surface area (Å²) in [6, 6.07) is 0. The predicted molar refractivity (Wildman–Crippen MR) is 98.4 cm³/mol. The van der Waals surface area contributed by atoms with E-state index in [4.69, 9.17) is 4.74 Å². The number of carbonyl (C=O) groups is 1. The number of nitrogens with two attached hydrogens (primary N) is 1. The maximum absolute atomic E-state index is 11.3. The lowest BCUT2D eigenvalue weighted by Gasteiger charge is -2.19. The normalized spacial score (nSPS) is 13.0. The van der Waals surface area contributed by atoms with Gasteiger partial charge in [-0.05, 0) is 26.7 Å². The van der Waals surface area contributed by atoms with Gasteiger partial charge >= 0.3 is 5.97 Å². The molecule has 0 fully saturated rings. The zero-order valence-corrected chi connectivity index (χ0v) is 17.8. The Morgan fingerprint density at radius 1 is 1.08 bits per heavy atom. The van der Waals surface area contributed by atoms with Crippen LogP contribution >= 0.6 is 0 Å². The van der Waals surface area contributed by atoms with Gasteiger partial charge < -0.3 is 27.0 Å². The van der Waals surface area contributed by atoms with E-state index < -0.39 is 0 Å². The first kappa shape index (κ1) is 25.9. The Labute approximate surface area is 160 Å². The van der Waals surface area contributed by atoms with E-state index in [-0.39, 0.29) is 29.1 Å². The number of esters is 1. The first-order chi connectivity index (χ1) is 11.1. The molecule has 0 aromatic carbocycles. The molecule has 0 rings (SSSR count). The average molecular weight is 406 g/mol. The van der Waals surface area contributed by atoms with Crippen LogP contribution in [-0.4, -0.2) is 25.2 Å². The van der Waals surface area contributed by atoms with Gasteiger partial charge in [0.05, 0.1) is 19.2 Å². The van der Waals surface area contributed by atoms with Crippen molar-refractivity contribution < 1.29 is 31.8 Å². The molecular formula is C20H40BrNO2. The Morgan fingerprint density at radius 3 is 2.21 bits per heavy atom. The molecule has 0 amide bonds. The minimum absolute atomic E-state index is 0. The Balaban J connectivity index is 0. The minimum Gasteiger partial charge on any atom is -1.00 e. The van der Waals surface area contributed by atoms with Gasteiger partial charge in [0.25, 0.3) is 0 Å². The second kappa shape index (κ2) is 19.0. The summed E-state index contributed by atoms with van der Waals surface area (Å²) in [6.45, 7) is 12.2. The largest absolute Gasteiger partial charge is 1.00 e. The van der Waals surface area contributed by atoms with E-state index in [2.05, 4.69) is 25.7 Å². The van der Waals surface area contributed by atoms with E-state index in [1.165, 1.54) is 63.9 Å². The molecule has 24 heavy (non-hydrogen) atoms. The van der Waals surface area contributed by atoms with Crippen molar-refractivity contribution in [3.05, 3.63) is 12.7 Å². The molecule has 0 spiro atoms. The number of halogens is 1. The summed E-state index contributed by atoms with van der Waals surface area (Å²) in [7, 11) is 0. The summed E-state index contributed by atoms with van der Waals surface area (Å²) in [4.78, 5) is 11.3. The molecule has 0 heterocycles. The van der Waals surface area contributed by atoms with Gasteiger partial charge in [-0.1, -0.05) is 64.9 Å². The van der Waals surface area contributed by atoms with Gasteiger partial charge in [0.2, 0.25) is 0 Å². The summed E-state index contributed by atoms with van der Waals surface area (Å²) < 4.78 is 5.32. The second-order valence-electron chi connectivity index (χ2n) is 6.75. The quantitative estimate of drug-likeness (QED) is 0.238. The molecule has 0 saturated carbocycles. The Kier molecular flexibility index (Phi) is 20.5. The van der Waals surface area contributed by atoms with Gasteiger partial charge in [-0.3, -0.25) is 0 Å². The van der Waals surface area contributed by atoms with Crippen LogP contribution in [-0.2, 0) is 9.53 Å². The third-order valence-electron chi connectivity index (χ3n) is 4.40. The van der Waals surface area contributed by atoms with Crippen molar-refractivity contribution in [1.82, 2.24) is 0 Å². The van der Waals surface area contributed by atoms with Crippen LogP contribution in [0.15, 0.2) is 12.7 Å². The highest BCUT2D eigenvalue weighted by Crippen LogP contribution is 2.17. The van der Waals surface area contributed by atoms with Crippen molar-refractivity contribution in [2.45, 2.75) is 91.1 Å². The highest BCUT2D eigenvalue weighted by atomic mass is 79.9. The molecule has 4 heteroatoms. The highest BCUT2D eigenvalue weighted by Gasteiger charge is 2.16. The molecule has 0 aliphatic rings. The van der Waals surface area contributed by atoms with Gasteiger partial charge in [0.1, 0.15) is 0 Å². The first-order valence-electron chi connectivity index (χ1n) is 9.78. The zero-order valence-electron chi connectivity index (χ0n) is 16.2. The van der Waals surface area contributed by atoms with E-state index in [0.29, 0.717) is 5.92 Å². The summed E-state index contributed by atoms with van der Waals surface area (Å²) in [5.74, 6) is 0.338. The van der Waals surface area contributed by atoms with E-state index in [9.17, 15) is 4.79 Å². The Morgan fingerprint density at radius 2 is 1.67 bits per heavy atom. The predicted octanol–water partition coefficient (Wildman–Crippen LogP) is 1.23. The second-order valence-corrected chi connectivity index (χ2v) is 6.75. The van der Waals surface area contributed by atoms with Crippen molar-refractivity contribution in [2.24, 2.45) is 5.92 Å². The molecule has 0 aromatic rings. The minimum atomic E-state index is -0.303. The van der Waals surface area contributed by atoms with E-state index >= 15 is 0 Å². The van der Waals surface area contributed by atoms with Crippen LogP contribution in [0.5, 0.6) is 0 Å². The highest BCUT2D eigenvalue weighted by molar-refractivity contribution is 5.81. The van der Waals surface area contributed by atoms with Crippen LogP contribution in [0, 0.1) is 5.92 Å². The van der Waals surface area contributed by atoms with Gasteiger partial charge in [0, 0.05) is 12.0 Å². The molecule has 2 unspecified atom stereocenters. The number of quaternary nitrogens is 1. The molecule has 2 atom stereocenters. The van der Waals surface area contributed by atoms with Crippen molar-refractivity contribution in [3.8, 4) is 0 Å². The van der Waals surface area contributed by atoms with Gasteiger partial charge in [-0.25, -0.2) is 4.79 Å². The first-order valence-corrected chi connectivity index (χ1v) is 9.78. The third-order valence-corrected chi connectivity index (χ3v) is 4.40. The number of ether oxygens (including phenoxy) is 1. The zero-order chi connectivity index (χ0) is 17.3. The van der Waals surface area contributed by atoms with Gasteiger partial charge in [-0.15, -0.1) is 0 Å². The van der Waals surface area contributed by atoms with Crippen molar-refractivity contribution in [2.75, 3.05) is 13.1 Å². The lowest BCUT2D eigenvalue weighted by atomic mass is 9.94. The maximum atomic E-state index is 11.3. The summed E-state index contributed by atoms with van der Waals surface area (Å²) in [5, 5.41) is 2.36. The number of rotatable bonds is 16. The molecule has 3 nitrogen and oxygen atoms in total. The van der Waals surface area contributed by atoms with Crippen molar-refractivity contribution >= 4 is 5.97 Å². The maximum Gasteiger partial charge on any atom is 0.330 e. The van der Waals surface area contributed by atoms with Crippen LogP contribution < -0.4 is 22.3 Å². The molecule has 0 aliphatic heterocycles. The van der Waals surface area contributed by atoms with Crippen LogP contribution in [0.4, 0.5) is 0 Å². The van der Waals surface area contributed by atoms with E-state index in [1.54, 1.807) is 0 Å².